The van der Waals surface area contributed by atoms with Crippen LogP contribution in [0.5, 0.6) is 0 Å². The first-order valence-corrected chi connectivity index (χ1v) is 31.5. The van der Waals surface area contributed by atoms with Gasteiger partial charge in [0.1, 0.15) is 13.2 Å². The normalized spacial score (nSPS) is 13.2. The molecule has 0 N–H and O–H groups in total. The molecule has 0 aromatic carbocycles. The average Bonchev–Trinajstić information content (AvgIpc) is 3.44. The van der Waals surface area contributed by atoms with Gasteiger partial charge < -0.3 is 14.2 Å². The third-order valence-electron chi connectivity index (χ3n) is 12.7. The largest absolute Gasteiger partial charge is 0.462 e. The maximum atomic E-state index is 12.9. The third-order valence-corrected chi connectivity index (χ3v) is 12.7. The molecule has 6 nitrogen and oxygen atoms in total. The molecule has 0 aliphatic rings. The predicted molar refractivity (Wildman–Crippen MR) is 338 cm³/mol. The molecule has 1 unspecified atom stereocenters. The highest BCUT2D eigenvalue weighted by molar-refractivity contribution is 5.71. The van der Waals surface area contributed by atoms with E-state index in [2.05, 4.69) is 179 Å². The minimum absolute atomic E-state index is 0.105. The zero-order valence-corrected chi connectivity index (χ0v) is 50.1. The lowest BCUT2D eigenvalue weighted by Crippen LogP contribution is -2.30. The van der Waals surface area contributed by atoms with E-state index in [1.165, 1.54) is 38.5 Å². The molecule has 0 saturated heterocycles. The summed E-state index contributed by atoms with van der Waals surface area (Å²) in [5, 5.41) is 0. The number of carbonyl (C=O) groups is 3. The van der Waals surface area contributed by atoms with Gasteiger partial charge in [0.25, 0.3) is 0 Å². The summed E-state index contributed by atoms with van der Waals surface area (Å²) >= 11 is 0. The molecule has 0 bridgehead atoms. The van der Waals surface area contributed by atoms with Crippen LogP contribution in [0.15, 0.2) is 158 Å². The molecule has 0 spiro atoms. The van der Waals surface area contributed by atoms with Gasteiger partial charge in [-0.2, -0.15) is 0 Å². The topological polar surface area (TPSA) is 78.9 Å². The Hall–Kier alpha value is -4.97. The molecule has 0 saturated carbocycles. The van der Waals surface area contributed by atoms with Crippen molar-refractivity contribution in [1.29, 1.82) is 0 Å². The number of carbonyl (C=O) groups excluding carboxylic acids is 3. The fourth-order valence-corrected chi connectivity index (χ4v) is 8.08. The van der Waals surface area contributed by atoms with Gasteiger partial charge in [-0.05, 0) is 141 Å². The van der Waals surface area contributed by atoms with Crippen molar-refractivity contribution in [2.45, 2.75) is 264 Å². The van der Waals surface area contributed by atoms with Crippen LogP contribution in [0.1, 0.15) is 258 Å². The fraction of sp³-hybridized carbons (Fsp3) is 0.597. The van der Waals surface area contributed by atoms with Crippen LogP contribution in [0, 0.1) is 0 Å². The second-order valence-corrected chi connectivity index (χ2v) is 20.2. The second-order valence-electron chi connectivity index (χ2n) is 20.2. The standard InChI is InChI=1S/C72H114O6/c1-4-7-10-13-16-19-22-25-28-30-32-34-36-38-40-42-44-47-50-53-56-59-62-65-71(74)77-68-69(67-76-70(73)64-61-58-55-52-49-46-27-24-21-18-15-12-9-6-3)78-72(75)66-63-60-57-54-51-48-45-43-41-39-37-35-33-31-29-26-23-20-17-14-11-8-5-2/h7-8,10-11,15-20,24-29,32-35,38-41,44,47,69H,4-6,9,12-14,21-23,30-31,36-37,42-43,45-46,48-68H2,1-3H3/b10-7-,11-8-,18-15-,19-16-,20-17-,27-24-,28-25-,29-26-,34-32-,35-33-,40-38-,41-39-,47-44-. The van der Waals surface area contributed by atoms with Crippen LogP contribution in [-0.2, 0) is 28.6 Å². The Labute approximate surface area is 480 Å². The Kier molecular flexibility index (Phi) is 60.4. The molecule has 0 amide bonds. The van der Waals surface area contributed by atoms with Crippen molar-refractivity contribution in [3.05, 3.63) is 158 Å². The van der Waals surface area contributed by atoms with E-state index in [1.54, 1.807) is 0 Å². The van der Waals surface area contributed by atoms with Crippen molar-refractivity contribution in [1.82, 2.24) is 0 Å². The van der Waals surface area contributed by atoms with Crippen molar-refractivity contribution in [3.8, 4) is 0 Å². The lowest BCUT2D eigenvalue weighted by atomic mass is 10.1. The van der Waals surface area contributed by atoms with Gasteiger partial charge in [-0.3, -0.25) is 14.4 Å². The van der Waals surface area contributed by atoms with E-state index in [0.717, 1.165) is 180 Å². The van der Waals surface area contributed by atoms with E-state index in [1.807, 2.05) is 0 Å². The highest BCUT2D eigenvalue weighted by atomic mass is 16.6. The van der Waals surface area contributed by atoms with Crippen LogP contribution in [0.25, 0.3) is 0 Å². The Morgan fingerprint density at radius 3 is 0.782 bits per heavy atom. The monoisotopic (exact) mass is 1070 g/mol. The first-order chi connectivity index (χ1) is 38.5. The minimum Gasteiger partial charge on any atom is -0.462 e. The van der Waals surface area contributed by atoms with E-state index in [4.69, 9.17) is 14.2 Å². The van der Waals surface area contributed by atoms with Gasteiger partial charge in [-0.25, -0.2) is 0 Å². The molecule has 0 radical (unpaired) electrons. The maximum Gasteiger partial charge on any atom is 0.306 e. The molecule has 0 heterocycles. The predicted octanol–water partition coefficient (Wildman–Crippen LogP) is 21.7. The fourth-order valence-electron chi connectivity index (χ4n) is 8.08. The van der Waals surface area contributed by atoms with Crippen LogP contribution in [0.4, 0.5) is 0 Å². The summed E-state index contributed by atoms with van der Waals surface area (Å²) in [4.78, 5) is 38.3. The highest BCUT2D eigenvalue weighted by Gasteiger charge is 2.19. The van der Waals surface area contributed by atoms with E-state index >= 15 is 0 Å². The molecule has 0 fully saturated rings. The van der Waals surface area contributed by atoms with Gasteiger partial charge in [0.05, 0.1) is 0 Å². The summed E-state index contributed by atoms with van der Waals surface area (Å²) < 4.78 is 16.9. The quantitative estimate of drug-likeness (QED) is 0.0261. The van der Waals surface area contributed by atoms with Gasteiger partial charge in [0, 0.05) is 19.3 Å². The van der Waals surface area contributed by atoms with Gasteiger partial charge >= 0.3 is 17.9 Å². The third kappa shape index (κ3) is 61.9. The lowest BCUT2D eigenvalue weighted by molar-refractivity contribution is -0.167. The van der Waals surface area contributed by atoms with Crippen LogP contribution in [-0.4, -0.2) is 37.2 Å². The molecule has 1 atom stereocenters. The van der Waals surface area contributed by atoms with Crippen LogP contribution < -0.4 is 0 Å². The number of esters is 3. The Morgan fingerprint density at radius 2 is 0.500 bits per heavy atom. The SMILES string of the molecule is CC/C=C\C/C=C\C/C=C\C/C=C\C/C=C\C/C=C\CCCCCCC(=O)OCC(COC(=O)CCCCCCC/C=C\C/C=C\CCCC)OC(=O)CCCCCCCCC/C=C\C/C=C\C/C=C\C/C=C\C/C=C\CC. The second kappa shape index (κ2) is 64.6. The Bertz CT molecular complexity index is 1760. The van der Waals surface area contributed by atoms with Crippen molar-refractivity contribution in [2.75, 3.05) is 13.2 Å². The first kappa shape index (κ1) is 73.0. The molecular formula is C72H114O6. The lowest BCUT2D eigenvalue weighted by Gasteiger charge is -2.18. The van der Waals surface area contributed by atoms with Crippen molar-refractivity contribution >= 4 is 17.9 Å². The molecule has 0 aromatic rings. The molecule has 0 aromatic heterocycles. The minimum atomic E-state index is -0.811. The molecule has 0 rings (SSSR count). The molecule has 6 heteroatoms. The summed E-state index contributed by atoms with van der Waals surface area (Å²) in [6.45, 7) is 6.32. The number of hydrogen-bond acceptors (Lipinski definition) is 6. The Balaban J connectivity index is 4.49. The molecule has 0 aliphatic carbocycles. The number of allylic oxidation sites excluding steroid dienone is 26. The van der Waals surface area contributed by atoms with E-state index in [9.17, 15) is 14.4 Å². The summed E-state index contributed by atoms with van der Waals surface area (Å²) in [5.74, 6) is -0.958. The van der Waals surface area contributed by atoms with Gasteiger partial charge in [-0.1, -0.05) is 256 Å². The van der Waals surface area contributed by atoms with Gasteiger partial charge in [0.2, 0.25) is 0 Å². The summed E-state index contributed by atoms with van der Waals surface area (Å²) in [5.41, 5.74) is 0. The molecule has 438 valence electrons. The molecule has 0 aliphatic heterocycles. The number of ether oxygens (including phenoxy) is 3. The zero-order chi connectivity index (χ0) is 56.4. The first-order valence-electron chi connectivity index (χ1n) is 31.5. The van der Waals surface area contributed by atoms with Crippen molar-refractivity contribution < 1.29 is 28.6 Å². The van der Waals surface area contributed by atoms with Crippen molar-refractivity contribution in [2.24, 2.45) is 0 Å². The molecule has 78 heavy (non-hydrogen) atoms. The van der Waals surface area contributed by atoms with Crippen LogP contribution in [0.2, 0.25) is 0 Å². The van der Waals surface area contributed by atoms with Crippen LogP contribution in [0.3, 0.4) is 0 Å². The zero-order valence-electron chi connectivity index (χ0n) is 50.1. The van der Waals surface area contributed by atoms with Crippen LogP contribution >= 0.6 is 0 Å². The maximum absolute atomic E-state index is 12.9. The Morgan fingerprint density at radius 1 is 0.269 bits per heavy atom. The summed E-state index contributed by atoms with van der Waals surface area (Å²) in [6.07, 6.45) is 93.8. The number of unbranched alkanes of at least 4 members (excludes halogenated alkanes) is 18. The van der Waals surface area contributed by atoms with E-state index in [-0.39, 0.29) is 31.1 Å². The summed E-state index contributed by atoms with van der Waals surface area (Å²) in [7, 11) is 0. The number of rotatable bonds is 55. The number of hydrogen-bond donors (Lipinski definition) is 0. The van der Waals surface area contributed by atoms with Gasteiger partial charge in [0.15, 0.2) is 6.10 Å². The average molecular weight is 1080 g/mol. The summed E-state index contributed by atoms with van der Waals surface area (Å²) in [6, 6.07) is 0. The van der Waals surface area contributed by atoms with Gasteiger partial charge in [-0.15, -0.1) is 0 Å². The van der Waals surface area contributed by atoms with E-state index in [0.29, 0.717) is 19.3 Å². The van der Waals surface area contributed by atoms with E-state index < -0.39 is 6.10 Å². The molecular weight excluding hydrogens is 961 g/mol. The van der Waals surface area contributed by atoms with Crippen molar-refractivity contribution in [3.63, 3.8) is 0 Å². The highest BCUT2D eigenvalue weighted by Crippen LogP contribution is 2.14. The smallest absolute Gasteiger partial charge is 0.306 e.